The predicted molar refractivity (Wildman–Crippen MR) is 106 cm³/mol. The van der Waals surface area contributed by atoms with Crippen LogP contribution in [-0.4, -0.2) is 26.2 Å². The number of benzene rings is 2. The van der Waals surface area contributed by atoms with Gasteiger partial charge in [0.15, 0.2) is 9.84 Å². The molecule has 5 nitrogen and oxygen atoms in total. The van der Waals surface area contributed by atoms with E-state index in [1.807, 2.05) is 12.1 Å². The van der Waals surface area contributed by atoms with Crippen LogP contribution in [0.4, 0.5) is 5.69 Å². The van der Waals surface area contributed by atoms with E-state index in [1.165, 1.54) is 37.1 Å². The largest absolute Gasteiger partial charge is 0.490 e. The van der Waals surface area contributed by atoms with Gasteiger partial charge in [-0.15, -0.1) is 0 Å². The number of anilines is 1. The van der Waals surface area contributed by atoms with Crippen molar-refractivity contribution < 1.29 is 17.9 Å². The molecule has 0 aliphatic heterocycles. The zero-order valence-electron chi connectivity index (χ0n) is 14.9. The van der Waals surface area contributed by atoms with Crippen LogP contribution in [0.1, 0.15) is 32.1 Å². The summed E-state index contributed by atoms with van der Waals surface area (Å²) >= 11 is 5.77. The molecule has 1 saturated carbocycles. The highest BCUT2D eigenvalue weighted by Gasteiger charge is 2.17. The molecule has 3 rings (SSSR count). The smallest absolute Gasteiger partial charge is 0.225 e. The van der Waals surface area contributed by atoms with Crippen LogP contribution in [0.2, 0.25) is 5.02 Å². The molecule has 2 aromatic carbocycles. The summed E-state index contributed by atoms with van der Waals surface area (Å²) in [6, 6.07) is 13.1. The summed E-state index contributed by atoms with van der Waals surface area (Å²) in [6.45, 7) is 0. The molecule has 0 bridgehead atoms. The Bertz CT molecular complexity index is 873. The van der Waals surface area contributed by atoms with E-state index in [4.69, 9.17) is 16.3 Å². The molecule has 0 unspecified atom stereocenters. The molecule has 0 radical (unpaired) electrons. The van der Waals surface area contributed by atoms with Gasteiger partial charge < -0.3 is 10.1 Å². The van der Waals surface area contributed by atoms with Crippen molar-refractivity contribution >= 4 is 33.0 Å². The van der Waals surface area contributed by atoms with Gasteiger partial charge in [-0.1, -0.05) is 11.6 Å². The maximum absolute atomic E-state index is 12.3. The first-order chi connectivity index (χ1) is 12.9. The lowest BCUT2D eigenvalue weighted by atomic mass is 10.2. The van der Waals surface area contributed by atoms with Crippen LogP contribution in [0.15, 0.2) is 53.4 Å². The highest BCUT2D eigenvalue weighted by Crippen LogP contribution is 2.25. The number of ether oxygens (including phenoxy) is 1. The zero-order chi connectivity index (χ0) is 19.3. The summed E-state index contributed by atoms with van der Waals surface area (Å²) < 4.78 is 30.4. The molecule has 0 heterocycles. The second-order valence-corrected chi connectivity index (χ2v) is 9.17. The van der Waals surface area contributed by atoms with E-state index in [0.29, 0.717) is 10.7 Å². The van der Waals surface area contributed by atoms with Crippen LogP contribution in [0.3, 0.4) is 0 Å². The minimum atomic E-state index is -3.52. The number of halogens is 1. The van der Waals surface area contributed by atoms with Crippen LogP contribution in [0.5, 0.6) is 5.75 Å². The number of amides is 1. The van der Waals surface area contributed by atoms with E-state index in [0.717, 1.165) is 18.6 Å². The highest BCUT2D eigenvalue weighted by molar-refractivity contribution is 7.91. The van der Waals surface area contributed by atoms with Crippen LogP contribution in [0, 0.1) is 0 Å². The lowest BCUT2D eigenvalue weighted by Gasteiger charge is -2.13. The van der Waals surface area contributed by atoms with Gasteiger partial charge in [0.05, 0.1) is 16.8 Å². The molecule has 7 heteroatoms. The molecule has 2 aromatic rings. The van der Waals surface area contributed by atoms with Crippen LogP contribution < -0.4 is 10.1 Å². The van der Waals surface area contributed by atoms with Gasteiger partial charge in [0.25, 0.3) is 0 Å². The molecule has 1 N–H and O–H groups in total. The quantitative estimate of drug-likeness (QED) is 0.735. The maximum atomic E-state index is 12.3. The van der Waals surface area contributed by atoms with E-state index in [9.17, 15) is 13.2 Å². The standard InChI is InChI=1S/C20H22ClNO4S/c21-15-5-11-19(12-6-15)27(24,25)14-13-20(23)22-16-7-9-18(10-8-16)26-17-3-1-2-4-17/h5-12,17H,1-4,13-14H2,(H,22,23). The Kier molecular flexibility index (Phi) is 6.39. The van der Waals surface area contributed by atoms with E-state index in [-0.39, 0.29) is 29.1 Å². The lowest BCUT2D eigenvalue weighted by molar-refractivity contribution is -0.115. The lowest BCUT2D eigenvalue weighted by Crippen LogP contribution is -2.17. The summed E-state index contributed by atoms with van der Waals surface area (Å²) in [7, 11) is -3.52. The van der Waals surface area contributed by atoms with Gasteiger partial charge in [0.1, 0.15) is 5.75 Å². The van der Waals surface area contributed by atoms with Crippen LogP contribution in [-0.2, 0) is 14.6 Å². The molecule has 1 fully saturated rings. The van der Waals surface area contributed by atoms with Gasteiger partial charge in [-0.2, -0.15) is 0 Å². The summed E-state index contributed by atoms with van der Waals surface area (Å²) in [6.07, 6.45) is 4.74. The third kappa shape index (κ3) is 5.71. The molecule has 0 aromatic heterocycles. The number of carbonyl (C=O) groups is 1. The third-order valence-corrected chi connectivity index (χ3v) is 6.50. The molecule has 1 aliphatic rings. The molecule has 0 atom stereocenters. The number of sulfone groups is 1. The number of carbonyl (C=O) groups excluding carboxylic acids is 1. The average Bonchev–Trinajstić information content (AvgIpc) is 3.15. The number of rotatable bonds is 7. The third-order valence-electron chi connectivity index (χ3n) is 4.51. The monoisotopic (exact) mass is 407 g/mol. The summed E-state index contributed by atoms with van der Waals surface area (Å²) in [5.41, 5.74) is 0.614. The molecule has 1 amide bonds. The molecular weight excluding hydrogens is 386 g/mol. The summed E-state index contributed by atoms with van der Waals surface area (Å²) in [4.78, 5) is 12.2. The minimum absolute atomic E-state index is 0.120. The van der Waals surface area contributed by atoms with Gasteiger partial charge >= 0.3 is 0 Å². The fourth-order valence-electron chi connectivity index (χ4n) is 3.03. The molecule has 144 valence electrons. The molecule has 0 spiro atoms. The van der Waals surface area contributed by atoms with Crippen molar-refractivity contribution in [2.24, 2.45) is 0 Å². The van der Waals surface area contributed by atoms with Gasteiger partial charge in [0, 0.05) is 17.1 Å². The normalized spacial score (nSPS) is 14.9. The average molecular weight is 408 g/mol. The Morgan fingerprint density at radius 1 is 1.04 bits per heavy atom. The summed E-state index contributed by atoms with van der Waals surface area (Å²) in [5, 5.41) is 3.18. The second-order valence-electron chi connectivity index (χ2n) is 6.62. The Balaban J connectivity index is 1.50. The highest BCUT2D eigenvalue weighted by atomic mass is 35.5. The van der Waals surface area contributed by atoms with Gasteiger partial charge in [-0.05, 0) is 74.2 Å². The Labute approximate surface area is 164 Å². The van der Waals surface area contributed by atoms with Gasteiger partial charge in [-0.25, -0.2) is 8.42 Å². The molecule has 0 saturated heterocycles. The first-order valence-corrected chi connectivity index (χ1v) is 11.0. The van der Waals surface area contributed by atoms with E-state index in [2.05, 4.69) is 5.32 Å². The van der Waals surface area contributed by atoms with Crippen molar-refractivity contribution in [2.75, 3.05) is 11.1 Å². The Hall–Kier alpha value is -2.05. The van der Waals surface area contributed by atoms with E-state index >= 15 is 0 Å². The minimum Gasteiger partial charge on any atom is -0.490 e. The van der Waals surface area contributed by atoms with Crippen LogP contribution >= 0.6 is 11.6 Å². The topological polar surface area (TPSA) is 72.5 Å². The maximum Gasteiger partial charge on any atom is 0.225 e. The number of hydrogen-bond acceptors (Lipinski definition) is 4. The van der Waals surface area contributed by atoms with E-state index < -0.39 is 9.84 Å². The van der Waals surface area contributed by atoms with E-state index in [1.54, 1.807) is 12.1 Å². The molecular formula is C20H22ClNO4S. The first-order valence-electron chi connectivity index (χ1n) is 8.97. The number of hydrogen-bond donors (Lipinski definition) is 1. The van der Waals surface area contributed by atoms with Gasteiger partial charge in [0.2, 0.25) is 5.91 Å². The SMILES string of the molecule is O=C(CCS(=O)(=O)c1ccc(Cl)cc1)Nc1ccc(OC2CCCC2)cc1. The van der Waals surface area contributed by atoms with Gasteiger partial charge in [-0.3, -0.25) is 4.79 Å². The van der Waals surface area contributed by atoms with Crippen molar-refractivity contribution in [1.82, 2.24) is 0 Å². The molecule has 27 heavy (non-hydrogen) atoms. The molecule has 1 aliphatic carbocycles. The Morgan fingerprint density at radius 2 is 1.67 bits per heavy atom. The predicted octanol–water partition coefficient (Wildman–Crippen LogP) is 4.46. The Morgan fingerprint density at radius 3 is 2.30 bits per heavy atom. The van der Waals surface area contributed by atoms with Crippen molar-refractivity contribution in [3.8, 4) is 5.75 Å². The van der Waals surface area contributed by atoms with Crippen molar-refractivity contribution in [2.45, 2.75) is 43.1 Å². The van der Waals surface area contributed by atoms with Crippen LogP contribution in [0.25, 0.3) is 0 Å². The van der Waals surface area contributed by atoms with Crippen molar-refractivity contribution in [3.05, 3.63) is 53.6 Å². The number of nitrogens with one attached hydrogen (secondary N) is 1. The van der Waals surface area contributed by atoms with Crippen molar-refractivity contribution in [3.63, 3.8) is 0 Å². The zero-order valence-corrected chi connectivity index (χ0v) is 16.4. The van der Waals surface area contributed by atoms with Crippen molar-refractivity contribution in [1.29, 1.82) is 0 Å². The summed E-state index contributed by atoms with van der Waals surface area (Å²) in [5.74, 6) is 0.172. The first kappa shape index (κ1) is 19.7. The fourth-order valence-corrected chi connectivity index (χ4v) is 4.39. The fraction of sp³-hybridized carbons (Fsp3) is 0.350. The second kappa shape index (κ2) is 8.76.